The van der Waals surface area contributed by atoms with Gasteiger partial charge in [0.05, 0.1) is 22.3 Å². The first-order valence-electron chi connectivity index (χ1n) is 5.97. The molecule has 21 heavy (non-hydrogen) atoms. The summed E-state index contributed by atoms with van der Waals surface area (Å²) in [7, 11) is 0. The molecule has 0 saturated carbocycles. The number of aromatic hydroxyl groups is 1. The van der Waals surface area contributed by atoms with Crippen LogP contribution in [0.25, 0.3) is 16.7 Å². The fourth-order valence-electron chi connectivity index (χ4n) is 2.18. The molecule has 0 bridgehead atoms. The Morgan fingerprint density at radius 1 is 1.10 bits per heavy atom. The van der Waals surface area contributed by atoms with Crippen molar-refractivity contribution >= 4 is 11.0 Å². The molecule has 2 aromatic carbocycles. The van der Waals surface area contributed by atoms with Crippen molar-refractivity contribution in [2.75, 3.05) is 0 Å². The number of nitrogens with zero attached hydrogens (tertiary/aromatic N) is 1. The Hall–Kier alpha value is -2.70. The first kappa shape index (κ1) is 13.3. The van der Waals surface area contributed by atoms with Crippen LogP contribution in [0.15, 0.2) is 47.3 Å². The summed E-state index contributed by atoms with van der Waals surface area (Å²) in [4.78, 5) is 14.3. The Labute approximate surface area is 116 Å². The summed E-state index contributed by atoms with van der Waals surface area (Å²) in [6, 6.07) is 8.93. The minimum atomic E-state index is -4.47. The number of fused-ring (bicyclic) bond motifs is 1. The molecule has 0 radical (unpaired) electrons. The van der Waals surface area contributed by atoms with Crippen molar-refractivity contribution in [2.45, 2.75) is 6.18 Å². The van der Waals surface area contributed by atoms with Crippen LogP contribution in [0.2, 0.25) is 0 Å². The van der Waals surface area contributed by atoms with Gasteiger partial charge < -0.3 is 10.1 Å². The van der Waals surface area contributed by atoms with Gasteiger partial charge >= 0.3 is 11.9 Å². The summed E-state index contributed by atoms with van der Waals surface area (Å²) in [5.74, 6) is -0.0411. The Kier molecular flexibility index (Phi) is 2.79. The van der Waals surface area contributed by atoms with Gasteiger partial charge in [-0.05, 0) is 30.3 Å². The summed E-state index contributed by atoms with van der Waals surface area (Å²) in [6.45, 7) is 0. The number of hydrogen-bond donors (Lipinski definition) is 2. The molecule has 0 unspecified atom stereocenters. The van der Waals surface area contributed by atoms with Crippen LogP contribution in [-0.2, 0) is 6.18 Å². The number of benzene rings is 2. The third-order valence-corrected chi connectivity index (χ3v) is 3.10. The highest BCUT2D eigenvalue weighted by molar-refractivity contribution is 5.78. The molecule has 1 heterocycles. The Morgan fingerprint density at radius 2 is 1.86 bits per heavy atom. The van der Waals surface area contributed by atoms with Crippen LogP contribution in [0.5, 0.6) is 5.75 Å². The second-order valence-electron chi connectivity index (χ2n) is 4.52. The van der Waals surface area contributed by atoms with Crippen molar-refractivity contribution in [2.24, 2.45) is 0 Å². The first-order valence-corrected chi connectivity index (χ1v) is 5.97. The third-order valence-electron chi connectivity index (χ3n) is 3.10. The monoisotopic (exact) mass is 294 g/mol. The van der Waals surface area contributed by atoms with E-state index in [1.165, 1.54) is 22.8 Å². The van der Waals surface area contributed by atoms with E-state index in [4.69, 9.17) is 0 Å². The molecule has 0 aliphatic carbocycles. The van der Waals surface area contributed by atoms with E-state index in [0.717, 1.165) is 12.1 Å². The fourth-order valence-corrected chi connectivity index (χ4v) is 2.18. The van der Waals surface area contributed by atoms with Crippen molar-refractivity contribution in [3.05, 3.63) is 58.5 Å². The van der Waals surface area contributed by atoms with Gasteiger partial charge in [-0.1, -0.05) is 6.07 Å². The highest BCUT2D eigenvalue weighted by Gasteiger charge is 2.30. The summed E-state index contributed by atoms with van der Waals surface area (Å²) >= 11 is 0. The molecule has 0 fully saturated rings. The molecule has 3 rings (SSSR count). The van der Waals surface area contributed by atoms with Crippen LogP contribution in [0.3, 0.4) is 0 Å². The number of aromatic nitrogens is 2. The Bertz CT molecular complexity index is 878. The van der Waals surface area contributed by atoms with E-state index >= 15 is 0 Å². The smallest absolute Gasteiger partial charge is 0.416 e. The van der Waals surface area contributed by atoms with Crippen LogP contribution in [-0.4, -0.2) is 14.7 Å². The minimum absolute atomic E-state index is 0.0411. The zero-order chi connectivity index (χ0) is 15.2. The first-order chi connectivity index (χ1) is 9.86. The molecule has 0 atom stereocenters. The van der Waals surface area contributed by atoms with Crippen LogP contribution < -0.4 is 5.69 Å². The molecular weight excluding hydrogens is 285 g/mol. The molecular formula is C14H9F3N2O2. The molecule has 0 saturated heterocycles. The van der Waals surface area contributed by atoms with E-state index in [2.05, 4.69) is 4.98 Å². The lowest BCUT2D eigenvalue weighted by Gasteiger charge is -2.07. The lowest BCUT2D eigenvalue weighted by molar-refractivity contribution is -0.137. The molecule has 0 spiro atoms. The predicted octanol–water partition coefficient (Wildman–Crippen LogP) is 3.04. The van der Waals surface area contributed by atoms with Gasteiger partial charge in [0.1, 0.15) is 5.75 Å². The number of halogens is 3. The van der Waals surface area contributed by atoms with E-state index < -0.39 is 17.4 Å². The van der Waals surface area contributed by atoms with Crippen molar-refractivity contribution in [3.63, 3.8) is 0 Å². The number of imidazole rings is 1. The summed E-state index contributed by atoms with van der Waals surface area (Å²) in [5, 5.41) is 9.45. The number of phenols is 1. The number of H-pyrrole nitrogens is 1. The fraction of sp³-hybridized carbons (Fsp3) is 0.0714. The molecule has 0 aliphatic rings. The van der Waals surface area contributed by atoms with Crippen LogP contribution in [0, 0.1) is 0 Å². The van der Waals surface area contributed by atoms with Crippen LogP contribution in [0.1, 0.15) is 5.56 Å². The second kappa shape index (κ2) is 4.41. The summed E-state index contributed by atoms with van der Waals surface area (Å²) in [6.07, 6.45) is -4.47. The molecule has 7 heteroatoms. The van der Waals surface area contributed by atoms with Crippen LogP contribution in [0.4, 0.5) is 13.2 Å². The van der Waals surface area contributed by atoms with Gasteiger partial charge in [-0.2, -0.15) is 13.2 Å². The third kappa shape index (κ3) is 2.26. The standard InChI is InChI=1S/C14H9F3N2O2/c15-14(16,17)8-4-5-12-11(6-8)18-13(21)19(12)9-2-1-3-10(20)7-9/h1-7,20H,(H,18,21). The largest absolute Gasteiger partial charge is 0.508 e. The summed E-state index contributed by atoms with van der Waals surface area (Å²) < 4.78 is 39.2. The van der Waals surface area contributed by atoms with Crippen molar-refractivity contribution < 1.29 is 18.3 Å². The SMILES string of the molecule is O=c1[nH]c2cc(C(F)(F)F)ccc2n1-c1cccc(O)c1. The highest BCUT2D eigenvalue weighted by atomic mass is 19.4. The van der Waals surface area contributed by atoms with Gasteiger partial charge in [0.15, 0.2) is 0 Å². The number of rotatable bonds is 1. The van der Waals surface area contributed by atoms with Crippen molar-refractivity contribution in [1.82, 2.24) is 9.55 Å². The topological polar surface area (TPSA) is 58.0 Å². The molecule has 0 amide bonds. The van der Waals surface area contributed by atoms with E-state index in [1.54, 1.807) is 12.1 Å². The Morgan fingerprint density at radius 3 is 2.52 bits per heavy atom. The maximum atomic E-state index is 12.7. The number of hydrogen-bond acceptors (Lipinski definition) is 2. The van der Waals surface area contributed by atoms with E-state index in [9.17, 15) is 23.1 Å². The predicted molar refractivity (Wildman–Crippen MR) is 70.6 cm³/mol. The molecule has 108 valence electrons. The zero-order valence-electron chi connectivity index (χ0n) is 10.5. The van der Waals surface area contributed by atoms with Gasteiger partial charge in [0.2, 0.25) is 0 Å². The van der Waals surface area contributed by atoms with E-state index in [1.807, 2.05) is 0 Å². The second-order valence-corrected chi connectivity index (χ2v) is 4.52. The van der Waals surface area contributed by atoms with Crippen molar-refractivity contribution in [1.29, 1.82) is 0 Å². The van der Waals surface area contributed by atoms with Gasteiger partial charge in [-0.3, -0.25) is 4.57 Å². The zero-order valence-corrected chi connectivity index (χ0v) is 10.5. The highest BCUT2D eigenvalue weighted by Crippen LogP contribution is 2.31. The molecule has 3 aromatic rings. The Balaban J connectivity index is 2.26. The molecule has 4 nitrogen and oxygen atoms in total. The molecule has 1 aromatic heterocycles. The van der Waals surface area contributed by atoms with Crippen molar-refractivity contribution in [3.8, 4) is 11.4 Å². The van der Waals surface area contributed by atoms with Crippen LogP contribution >= 0.6 is 0 Å². The lowest BCUT2D eigenvalue weighted by atomic mass is 10.2. The molecule has 2 N–H and O–H groups in total. The molecule has 0 aliphatic heterocycles. The van der Waals surface area contributed by atoms with E-state index in [0.29, 0.717) is 11.2 Å². The number of alkyl halides is 3. The van der Waals surface area contributed by atoms with Gasteiger partial charge in [0, 0.05) is 6.07 Å². The average Bonchev–Trinajstić information content (AvgIpc) is 2.72. The normalized spacial score (nSPS) is 12.0. The van der Waals surface area contributed by atoms with E-state index in [-0.39, 0.29) is 11.3 Å². The summed E-state index contributed by atoms with van der Waals surface area (Å²) in [5.41, 5.74) is -0.656. The van der Waals surface area contributed by atoms with Gasteiger partial charge in [0.25, 0.3) is 0 Å². The maximum absolute atomic E-state index is 12.7. The lowest BCUT2D eigenvalue weighted by Crippen LogP contribution is -2.14. The number of nitrogens with one attached hydrogen (secondary N) is 1. The maximum Gasteiger partial charge on any atom is 0.416 e. The number of aromatic amines is 1. The average molecular weight is 294 g/mol. The quantitative estimate of drug-likeness (QED) is 0.724. The number of phenolic OH excluding ortho intramolecular Hbond substituents is 1. The van der Waals surface area contributed by atoms with Gasteiger partial charge in [-0.15, -0.1) is 0 Å². The van der Waals surface area contributed by atoms with Gasteiger partial charge in [-0.25, -0.2) is 4.79 Å². The minimum Gasteiger partial charge on any atom is -0.508 e.